The molecule has 0 aromatic heterocycles. The third-order valence-corrected chi connectivity index (χ3v) is 5.17. The second-order valence-corrected chi connectivity index (χ2v) is 7.08. The zero-order valence-electron chi connectivity index (χ0n) is 14.7. The first-order chi connectivity index (χ1) is 11.9. The number of carbonyl (C=O) groups excluding carboxylic acids is 2. The summed E-state index contributed by atoms with van der Waals surface area (Å²) >= 11 is 0. The molecule has 8 heteroatoms. The number of nitrogens with zero attached hydrogens (tertiary/aromatic N) is 2. The molecule has 0 radical (unpaired) electrons. The number of likely N-dealkylation sites (tertiary alicyclic amines) is 1. The van der Waals surface area contributed by atoms with E-state index in [0.717, 1.165) is 31.0 Å². The van der Waals surface area contributed by atoms with Crippen LogP contribution in [0.15, 0.2) is 18.2 Å². The fourth-order valence-electron chi connectivity index (χ4n) is 3.82. The zero-order valence-corrected chi connectivity index (χ0v) is 15.5. The molecule has 1 aromatic rings. The Balaban J connectivity index is 0.00000243. The first kappa shape index (κ1) is 20.6. The molecule has 144 valence electrons. The van der Waals surface area contributed by atoms with Crippen LogP contribution < -0.4 is 10.6 Å². The van der Waals surface area contributed by atoms with Crippen molar-refractivity contribution in [3.8, 4) is 0 Å². The number of amides is 2. The number of anilines is 1. The lowest BCUT2D eigenvalue weighted by Crippen LogP contribution is -2.51. The Labute approximate surface area is 157 Å². The minimum atomic E-state index is -0.745. The SMILES string of the molecule is CC1CCN(C(=O)C2CC(=O)N(c3cc(F)cc(F)c3)C2)C(CN)C1.Cl. The number of halogens is 3. The fraction of sp³-hybridized carbons (Fsp3) is 0.556. The minimum absolute atomic E-state index is 0. The highest BCUT2D eigenvalue weighted by Crippen LogP contribution is 2.30. The molecule has 2 heterocycles. The van der Waals surface area contributed by atoms with Crippen LogP contribution in [0.3, 0.4) is 0 Å². The third kappa shape index (κ3) is 4.15. The molecular weight excluding hydrogens is 364 g/mol. The number of hydrogen-bond acceptors (Lipinski definition) is 3. The Bertz CT molecular complexity index is 668. The van der Waals surface area contributed by atoms with Crippen molar-refractivity contribution in [2.75, 3.05) is 24.5 Å². The van der Waals surface area contributed by atoms with E-state index < -0.39 is 17.6 Å². The maximum absolute atomic E-state index is 13.4. The van der Waals surface area contributed by atoms with Crippen molar-refractivity contribution in [1.29, 1.82) is 0 Å². The molecule has 5 nitrogen and oxygen atoms in total. The van der Waals surface area contributed by atoms with Crippen molar-refractivity contribution in [1.82, 2.24) is 4.90 Å². The van der Waals surface area contributed by atoms with Gasteiger partial charge in [0.2, 0.25) is 11.8 Å². The van der Waals surface area contributed by atoms with Crippen molar-refractivity contribution in [2.45, 2.75) is 32.2 Å². The van der Waals surface area contributed by atoms with Gasteiger partial charge in [0.05, 0.1) is 5.92 Å². The minimum Gasteiger partial charge on any atom is -0.338 e. The molecule has 0 bridgehead atoms. The average molecular weight is 388 g/mol. The van der Waals surface area contributed by atoms with E-state index in [1.54, 1.807) is 4.90 Å². The van der Waals surface area contributed by atoms with Crippen LogP contribution >= 0.6 is 12.4 Å². The van der Waals surface area contributed by atoms with Gasteiger partial charge < -0.3 is 15.5 Å². The number of carbonyl (C=O) groups is 2. The Morgan fingerprint density at radius 3 is 2.54 bits per heavy atom. The molecule has 2 aliphatic heterocycles. The quantitative estimate of drug-likeness (QED) is 0.865. The Kier molecular flexibility index (Phi) is 6.58. The first-order valence-corrected chi connectivity index (χ1v) is 8.66. The van der Waals surface area contributed by atoms with Crippen LogP contribution in [0.1, 0.15) is 26.2 Å². The Morgan fingerprint density at radius 2 is 1.92 bits per heavy atom. The first-order valence-electron chi connectivity index (χ1n) is 8.66. The molecule has 0 saturated carbocycles. The summed E-state index contributed by atoms with van der Waals surface area (Å²) in [5.74, 6) is -1.85. The van der Waals surface area contributed by atoms with E-state index >= 15 is 0 Å². The van der Waals surface area contributed by atoms with Crippen molar-refractivity contribution < 1.29 is 18.4 Å². The third-order valence-electron chi connectivity index (χ3n) is 5.17. The highest BCUT2D eigenvalue weighted by Gasteiger charge is 2.40. The second kappa shape index (κ2) is 8.31. The van der Waals surface area contributed by atoms with E-state index in [4.69, 9.17) is 5.73 Å². The maximum atomic E-state index is 13.4. The molecular formula is C18H24ClF2N3O2. The van der Waals surface area contributed by atoms with Crippen molar-refractivity contribution >= 4 is 29.9 Å². The summed E-state index contributed by atoms with van der Waals surface area (Å²) in [7, 11) is 0. The molecule has 1 aromatic carbocycles. The number of hydrogen-bond donors (Lipinski definition) is 1. The summed E-state index contributed by atoms with van der Waals surface area (Å²) in [5, 5.41) is 0. The molecule has 2 saturated heterocycles. The fourth-order valence-corrected chi connectivity index (χ4v) is 3.82. The molecule has 2 N–H and O–H groups in total. The summed E-state index contributed by atoms with van der Waals surface area (Å²) in [5.41, 5.74) is 5.97. The standard InChI is InChI=1S/C18H23F2N3O2.ClH/c1-11-2-3-22(16(4-11)9-21)18(25)12-5-17(24)23(10-12)15-7-13(19)6-14(20)8-15;/h6-8,11-12,16H,2-5,9-10,21H2,1H3;1H. The van der Waals surface area contributed by atoms with Gasteiger partial charge in [-0.05, 0) is 30.9 Å². The maximum Gasteiger partial charge on any atom is 0.228 e. The zero-order chi connectivity index (χ0) is 18.1. The molecule has 0 spiro atoms. The van der Waals surface area contributed by atoms with Gasteiger partial charge in [-0.15, -0.1) is 12.4 Å². The molecule has 0 aliphatic carbocycles. The summed E-state index contributed by atoms with van der Waals surface area (Å²) in [6, 6.07) is 2.97. The van der Waals surface area contributed by atoms with E-state index in [1.807, 2.05) is 0 Å². The molecule has 3 unspecified atom stereocenters. The highest BCUT2D eigenvalue weighted by atomic mass is 35.5. The van der Waals surface area contributed by atoms with E-state index in [9.17, 15) is 18.4 Å². The molecule has 2 amide bonds. The van der Waals surface area contributed by atoms with Crippen LogP contribution in [0, 0.1) is 23.5 Å². The normalized spacial score (nSPS) is 26.0. The smallest absolute Gasteiger partial charge is 0.228 e. The Morgan fingerprint density at radius 1 is 1.27 bits per heavy atom. The largest absolute Gasteiger partial charge is 0.338 e. The molecule has 26 heavy (non-hydrogen) atoms. The van der Waals surface area contributed by atoms with Gasteiger partial charge in [0.15, 0.2) is 0 Å². The van der Waals surface area contributed by atoms with E-state index in [1.165, 1.54) is 4.90 Å². The van der Waals surface area contributed by atoms with Crippen LogP contribution in [0.5, 0.6) is 0 Å². The predicted octanol–water partition coefficient (Wildman–Crippen LogP) is 2.33. The van der Waals surface area contributed by atoms with Gasteiger partial charge in [-0.2, -0.15) is 0 Å². The number of piperidine rings is 1. The van der Waals surface area contributed by atoms with Gasteiger partial charge in [0.25, 0.3) is 0 Å². The Hall–Kier alpha value is -1.73. The molecule has 2 fully saturated rings. The van der Waals surface area contributed by atoms with Gasteiger partial charge in [0, 0.05) is 43.9 Å². The van der Waals surface area contributed by atoms with Crippen LogP contribution in [0.4, 0.5) is 14.5 Å². The van der Waals surface area contributed by atoms with Crippen LogP contribution in [-0.4, -0.2) is 42.4 Å². The van der Waals surface area contributed by atoms with Gasteiger partial charge in [-0.1, -0.05) is 6.92 Å². The van der Waals surface area contributed by atoms with Crippen molar-refractivity contribution in [3.63, 3.8) is 0 Å². The lowest BCUT2D eigenvalue weighted by atomic mass is 9.91. The lowest BCUT2D eigenvalue weighted by molar-refractivity contribution is -0.139. The van der Waals surface area contributed by atoms with Gasteiger partial charge >= 0.3 is 0 Å². The van der Waals surface area contributed by atoms with Crippen molar-refractivity contribution in [3.05, 3.63) is 29.8 Å². The lowest BCUT2D eigenvalue weighted by Gasteiger charge is -2.39. The average Bonchev–Trinajstić information content (AvgIpc) is 2.95. The monoisotopic (exact) mass is 387 g/mol. The van der Waals surface area contributed by atoms with Crippen LogP contribution in [0.2, 0.25) is 0 Å². The number of nitrogens with two attached hydrogens (primary N) is 1. The van der Waals surface area contributed by atoms with Crippen molar-refractivity contribution in [2.24, 2.45) is 17.6 Å². The van der Waals surface area contributed by atoms with Crippen LogP contribution in [0.25, 0.3) is 0 Å². The summed E-state index contributed by atoms with van der Waals surface area (Å²) < 4.78 is 26.8. The predicted molar refractivity (Wildman–Crippen MR) is 97.0 cm³/mol. The van der Waals surface area contributed by atoms with Gasteiger partial charge in [-0.3, -0.25) is 9.59 Å². The van der Waals surface area contributed by atoms with Gasteiger partial charge in [0.1, 0.15) is 11.6 Å². The summed E-state index contributed by atoms with van der Waals surface area (Å²) in [6.45, 7) is 3.32. The second-order valence-electron chi connectivity index (χ2n) is 7.08. The van der Waals surface area contributed by atoms with Crippen LogP contribution in [-0.2, 0) is 9.59 Å². The number of benzene rings is 1. The van der Waals surface area contributed by atoms with E-state index in [2.05, 4.69) is 6.92 Å². The van der Waals surface area contributed by atoms with E-state index in [0.29, 0.717) is 19.0 Å². The molecule has 3 rings (SSSR count). The number of rotatable bonds is 3. The topological polar surface area (TPSA) is 66.6 Å². The van der Waals surface area contributed by atoms with Gasteiger partial charge in [-0.25, -0.2) is 8.78 Å². The highest BCUT2D eigenvalue weighted by molar-refractivity contribution is 6.00. The molecule has 3 atom stereocenters. The molecule has 2 aliphatic rings. The van der Waals surface area contributed by atoms with E-state index in [-0.39, 0.29) is 48.9 Å². The summed E-state index contributed by atoms with van der Waals surface area (Å²) in [4.78, 5) is 28.2. The summed E-state index contributed by atoms with van der Waals surface area (Å²) in [6.07, 6.45) is 1.84.